The van der Waals surface area contributed by atoms with Crippen molar-refractivity contribution in [1.29, 1.82) is 0 Å². The average Bonchev–Trinajstić information content (AvgIpc) is 2.43. The summed E-state index contributed by atoms with van der Waals surface area (Å²) in [6.07, 6.45) is 2.86. The van der Waals surface area contributed by atoms with Crippen molar-refractivity contribution < 1.29 is 9.90 Å². The van der Waals surface area contributed by atoms with E-state index in [0.717, 1.165) is 4.47 Å². The fourth-order valence-electron chi connectivity index (χ4n) is 1.54. The summed E-state index contributed by atoms with van der Waals surface area (Å²) >= 11 is 9.13. The fourth-order valence-corrected chi connectivity index (χ4v) is 1.98. The molecule has 2 aromatic rings. The van der Waals surface area contributed by atoms with Crippen molar-refractivity contribution in [1.82, 2.24) is 0 Å². The highest BCUT2D eigenvalue weighted by Crippen LogP contribution is 2.26. The highest BCUT2D eigenvalue weighted by atomic mass is 79.9. The van der Waals surface area contributed by atoms with Gasteiger partial charge >= 0.3 is 0 Å². The molecule has 0 amide bonds. The molecule has 0 aliphatic heterocycles. The molecule has 102 valence electrons. The van der Waals surface area contributed by atoms with Crippen LogP contribution in [-0.4, -0.2) is 10.9 Å². The van der Waals surface area contributed by atoms with Gasteiger partial charge in [0, 0.05) is 27.3 Å². The molecule has 0 radical (unpaired) electrons. The Bertz CT molecular complexity index is 653. The minimum Gasteiger partial charge on any atom is -0.506 e. The van der Waals surface area contributed by atoms with Crippen molar-refractivity contribution in [3.05, 3.63) is 69.8 Å². The van der Waals surface area contributed by atoms with Gasteiger partial charge in [0.05, 0.1) is 5.69 Å². The van der Waals surface area contributed by atoms with Crippen LogP contribution in [0.3, 0.4) is 0 Å². The van der Waals surface area contributed by atoms with Crippen molar-refractivity contribution in [3.63, 3.8) is 0 Å². The van der Waals surface area contributed by atoms with E-state index in [0.29, 0.717) is 16.3 Å². The lowest BCUT2D eigenvalue weighted by molar-refractivity contribution is 0.104. The molecular formula is C15H11BrClNO2. The monoisotopic (exact) mass is 351 g/mol. The normalized spacial score (nSPS) is 10.7. The predicted octanol–water partition coefficient (Wildman–Crippen LogP) is 4.62. The van der Waals surface area contributed by atoms with Crippen LogP contribution in [0, 0.1) is 0 Å². The standard InChI is InChI=1S/C15H11BrClNO2/c16-11-3-1-10(2-4-11)14(19)7-8-18-13-9-12(17)5-6-15(13)20/h1-9,18,20H/b8-7+. The van der Waals surface area contributed by atoms with E-state index in [1.807, 2.05) is 0 Å². The van der Waals surface area contributed by atoms with Gasteiger partial charge in [-0.3, -0.25) is 4.79 Å². The molecule has 0 unspecified atom stereocenters. The predicted molar refractivity (Wildman–Crippen MR) is 84.4 cm³/mol. The third-order valence-corrected chi connectivity index (χ3v) is 3.32. The molecule has 5 heteroatoms. The van der Waals surface area contributed by atoms with Gasteiger partial charge in [-0.2, -0.15) is 0 Å². The fraction of sp³-hybridized carbons (Fsp3) is 0. The number of halogens is 2. The van der Waals surface area contributed by atoms with Gasteiger partial charge in [-0.15, -0.1) is 0 Å². The lowest BCUT2D eigenvalue weighted by Crippen LogP contribution is -1.96. The van der Waals surface area contributed by atoms with Crippen LogP contribution in [-0.2, 0) is 0 Å². The minimum atomic E-state index is -0.133. The Morgan fingerprint density at radius 2 is 1.90 bits per heavy atom. The number of benzene rings is 2. The Morgan fingerprint density at radius 3 is 2.60 bits per heavy atom. The van der Waals surface area contributed by atoms with Crippen molar-refractivity contribution in [2.45, 2.75) is 0 Å². The number of ketones is 1. The molecule has 3 nitrogen and oxygen atoms in total. The van der Waals surface area contributed by atoms with Crippen molar-refractivity contribution in [2.24, 2.45) is 0 Å². The number of aromatic hydroxyl groups is 1. The number of carbonyl (C=O) groups excluding carboxylic acids is 1. The van der Waals surface area contributed by atoms with Crippen LogP contribution in [0.25, 0.3) is 0 Å². The van der Waals surface area contributed by atoms with Crippen molar-refractivity contribution in [3.8, 4) is 5.75 Å². The zero-order valence-corrected chi connectivity index (χ0v) is 12.6. The maximum Gasteiger partial charge on any atom is 0.187 e. The third kappa shape index (κ3) is 3.85. The zero-order valence-electron chi connectivity index (χ0n) is 10.3. The topological polar surface area (TPSA) is 49.3 Å². The second-order valence-electron chi connectivity index (χ2n) is 4.01. The summed E-state index contributed by atoms with van der Waals surface area (Å²) in [5.41, 5.74) is 1.03. The first-order chi connectivity index (χ1) is 9.56. The number of hydrogen-bond acceptors (Lipinski definition) is 3. The number of anilines is 1. The summed E-state index contributed by atoms with van der Waals surface area (Å²) in [5.74, 6) is -0.0679. The van der Waals surface area contributed by atoms with Gasteiger partial charge < -0.3 is 10.4 Å². The molecule has 2 aromatic carbocycles. The van der Waals surface area contributed by atoms with Gasteiger partial charge in [-0.25, -0.2) is 0 Å². The van der Waals surface area contributed by atoms with E-state index in [1.54, 1.807) is 36.4 Å². The van der Waals surface area contributed by atoms with Gasteiger partial charge in [0.2, 0.25) is 0 Å². The molecule has 0 heterocycles. The van der Waals surface area contributed by atoms with Gasteiger partial charge in [0.1, 0.15) is 5.75 Å². The number of nitrogens with one attached hydrogen (secondary N) is 1. The molecule has 0 aliphatic rings. The van der Waals surface area contributed by atoms with Gasteiger partial charge in [-0.1, -0.05) is 27.5 Å². The number of hydrogen-bond donors (Lipinski definition) is 2. The molecule has 0 atom stereocenters. The van der Waals surface area contributed by atoms with Crippen LogP contribution in [0.15, 0.2) is 59.2 Å². The lowest BCUT2D eigenvalue weighted by atomic mass is 10.1. The van der Waals surface area contributed by atoms with Crippen molar-refractivity contribution in [2.75, 3.05) is 5.32 Å². The van der Waals surface area contributed by atoms with E-state index in [9.17, 15) is 9.90 Å². The van der Waals surface area contributed by atoms with E-state index < -0.39 is 0 Å². The number of phenols is 1. The molecule has 20 heavy (non-hydrogen) atoms. The smallest absolute Gasteiger partial charge is 0.187 e. The first kappa shape index (κ1) is 14.6. The van der Waals surface area contributed by atoms with E-state index in [1.165, 1.54) is 18.3 Å². The number of rotatable bonds is 4. The largest absolute Gasteiger partial charge is 0.506 e. The first-order valence-electron chi connectivity index (χ1n) is 5.78. The highest BCUT2D eigenvalue weighted by molar-refractivity contribution is 9.10. The number of allylic oxidation sites excluding steroid dienone is 1. The Morgan fingerprint density at radius 1 is 1.20 bits per heavy atom. The summed E-state index contributed by atoms with van der Waals surface area (Å²) in [5, 5.41) is 12.9. The van der Waals surface area contributed by atoms with Crippen LogP contribution >= 0.6 is 27.5 Å². The number of phenolic OH excluding ortho intramolecular Hbond substituents is 1. The maximum atomic E-state index is 11.9. The average molecular weight is 353 g/mol. The molecule has 0 aromatic heterocycles. The van der Waals surface area contributed by atoms with Crippen molar-refractivity contribution >= 4 is 39.0 Å². The molecule has 2 N–H and O–H groups in total. The Hall–Kier alpha value is -1.78. The van der Waals surface area contributed by atoms with E-state index in [-0.39, 0.29) is 11.5 Å². The number of carbonyl (C=O) groups is 1. The molecule has 0 saturated carbocycles. The molecule has 0 fully saturated rings. The van der Waals surface area contributed by atoms with Crippen LogP contribution < -0.4 is 5.32 Å². The molecule has 0 saturated heterocycles. The van der Waals surface area contributed by atoms with Gasteiger partial charge in [0.15, 0.2) is 5.78 Å². The Balaban J connectivity index is 2.04. The SMILES string of the molecule is O=C(/C=C/Nc1cc(Cl)ccc1O)c1ccc(Br)cc1. The molecule has 0 spiro atoms. The molecule has 0 bridgehead atoms. The molecular weight excluding hydrogens is 342 g/mol. The summed E-state index contributed by atoms with van der Waals surface area (Å²) in [7, 11) is 0. The first-order valence-corrected chi connectivity index (χ1v) is 6.95. The second kappa shape index (κ2) is 6.59. The van der Waals surface area contributed by atoms with Crippen LogP contribution in [0.1, 0.15) is 10.4 Å². The third-order valence-electron chi connectivity index (χ3n) is 2.56. The quantitative estimate of drug-likeness (QED) is 0.480. The van der Waals surface area contributed by atoms with Crippen LogP contribution in [0.2, 0.25) is 5.02 Å². The molecule has 2 rings (SSSR count). The summed E-state index contributed by atoms with van der Waals surface area (Å²) in [6.45, 7) is 0. The van der Waals surface area contributed by atoms with Gasteiger partial charge in [0.25, 0.3) is 0 Å². The van der Waals surface area contributed by atoms with Gasteiger partial charge in [-0.05, 0) is 42.5 Å². The Kier molecular flexibility index (Phi) is 4.82. The summed E-state index contributed by atoms with van der Waals surface area (Å²) < 4.78 is 0.917. The van der Waals surface area contributed by atoms with E-state index in [2.05, 4.69) is 21.2 Å². The zero-order chi connectivity index (χ0) is 14.5. The molecule has 0 aliphatic carbocycles. The Labute approximate surface area is 130 Å². The van der Waals surface area contributed by atoms with Crippen LogP contribution in [0.4, 0.5) is 5.69 Å². The maximum absolute atomic E-state index is 11.9. The van der Waals surface area contributed by atoms with E-state index >= 15 is 0 Å². The lowest BCUT2D eigenvalue weighted by Gasteiger charge is -2.04. The summed E-state index contributed by atoms with van der Waals surface area (Å²) in [4.78, 5) is 11.9. The van der Waals surface area contributed by atoms with Crippen LogP contribution in [0.5, 0.6) is 5.75 Å². The highest BCUT2D eigenvalue weighted by Gasteiger charge is 2.02. The van der Waals surface area contributed by atoms with E-state index in [4.69, 9.17) is 11.6 Å². The summed E-state index contributed by atoms with van der Waals surface area (Å²) in [6, 6.07) is 11.7. The minimum absolute atomic E-state index is 0.0649. The second-order valence-corrected chi connectivity index (χ2v) is 5.36.